The summed E-state index contributed by atoms with van der Waals surface area (Å²) >= 11 is 0. The summed E-state index contributed by atoms with van der Waals surface area (Å²) < 4.78 is 6.94. The number of nitrogens with zero attached hydrogens (tertiary/aromatic N) is 4. The van der Waals surface area contributed by atoms with Crippen LogP contribution in [0.1, 0.15) is 12.6 Å². The first-order valence-electron chi connectivity index (χ1n) is 5.42. The van der Waals surface area contributed by atoms with Crippen molar-refractivity contribution >= 4 is 22.8 Å². The van der Waals surface area contributed by atoms with Gasteiger partial charge < -0.3 is 15.6 Å². The van der Waals surface area contributed by atoms with Gasteiger partial charge >= 0.3 is 0 Å². The van der Waals surface area contributed by atoms with Gasteiger partial charge in [-0.3, -0.25) is 9.36 Å². The van der Waals surface area contributed by atoms with Gasteiger partial charge in [0.1, 0.15) is 11.8 Å². The van der Waals surface area contributed by atoms with Crippen LogP contribution in [-0.4, -0.2) is 43.1 Å². The number of carbonyl (C=O) groups is 1. The van der Waals surface area contributed by atoms with Crippen molar-refractivity contribution in [3.63, 3.8) is 0 Å². The molecule has 1 aliphatic rings. The summed E-state index contributed by atoms with van der Waals surface area (Å²) in [6, 6.07) is 0. The number of nitrogens with two attached hydrogens (primary N) is 1. The van der Waals surface area contributed by atoms with Crippen molar-refractivity contribution in [1.29, 1.82) is 0 Å². The van der Waals surface area contributed by atoms with Crippen molar-refractivity contribution in [2.24, 2.45) is 0 Å². The number of imidazole rings is 1. The molecule has 0 radical (unpaired) electrons. The SMILES string of the molecule is Nc1ncnc2c1ncn2[C@@H]1O[C@H](CO)CC1=O. The standard InChI is InChI=1S/C10H11N5O3/c11-8-7-9(13-3-12-8)15(4-14-7)10-6(17)1-5(2-16)18-10/h3-5,10,16H,1-2H2,(H2,11,12,13)/t5-,10+/m0/s1. The lowest BCUT2D eigenvalue weighted by Gasteiger charge is -2.12. The van der Waals surface area contributed by atoms with Crippen molar-refractivity contribution in [2.75, 3.05) is 12.3 Å². The van der Waals surface area contributed by atoms with Crippen LogP contribution in [-0.2, 0) is 9.53 Å². The number of hydrogen-bond acceptors (Lipinski definition) is 7. The lowest BCUT2D eigenvalue weighted by molar-refractivity contribution is -0.127. The zero-order valence-electron chi connectivity index (χ0n) is 9.35. The zero-order valence-corrected chi connectivity index (χ0v) is 9.35. The van der Waals surface area contributed by atoms with Gasteiger partial charge in [-0.05, 0) is 0 Å². The number of ether oxygens (including phenoxy) is 1. The molecule has 8 nitrogen and oxygen atoms in total. The summed E-state index contributed by atoms with van der Waals surface area (Å²) in [6.45, 7) is -0.188. The largest absolute Gasteiger partial charge is 0.394 e. The smallest absolute Gasteiger partial charge is 0.196 e. The number of Topliss-reactive ketones (excluding diaryl/α,β-unsaturated/α-hetero) is 1. The Balaban J connectivity index is 2.05. The zero-order chi connectivity index (χ0) is 12.7. The third-order valence-electron chi connectivity index (χ3n) is 2.87. The predicted molar refractivity (Wildman–Crippen MR) is 60.4 cm³/mol. The fourth-order valence-corrected chi connectivity index (χ4v) is 2.00. The first-order chi connectivity index (χ1) is 8.70. The molecule has 2 atom stereocenters. The molecule has 0 saturated carbocycles. The Morgan fingerprint density at radius 1 is 1.50 bits per heavy atom. The first-order valence-corrected chi connectivity index (χ1v) is 5.42. The summed E-state index contributed by atoms with van der Waals surface area (Å²) in [5.41, 5.74) is 6.54. The Morgan fingerprint density at radius 3 is 3.06 bits per heavy atom. The second-order valence-electron chi connectivity index (χ2n) is 4.05. The molecule has 94 valence electrons. The van der Waals surface area contributed by atoms with Crippen LogP contribution in [0.2, 0.25) is 0 Å². The first kappa shape index (κ1) is 11.1. The molecule has 1 saturated heterocycles. The number of aliphatic hydroxyl groups is 1. The lowest BCUT2D eigenvalue weighted by Crippen LogP contribution is -2.16. The average molecular weight is 249 g/mol. The minimum absolute atomic E-state index is 0.120. The van der Waals surface area contributed by atoms with Gasteiger partial charge in [-0.2, -0.15) is 0 Å². The molecule has 18 heavy (non-hydrogen) atoms. The summed E-state index contributed by atoms with van der Waals surface area (Å²) in [7, 11) is 0. The van der Waals surface area contributed by atoms with E-state index in [2.05, 4.69) is 15.0 Å². The number of nitrogen functional groups attached to an aromatic ring is 1. The van der Waals surface area contributed by atoms with E-state index in [0.717, 1.165) is 0 Å². The summed E-state index contributed by atoms with van der Waals surface area (Å²) in [4.78, 5) is 23.7. The van der Waals surface area contributed by atoms with Gasteiger partial charge in [0.05, 0.1) is 19.0 Å². The summed E-state index contributed by atoms with van der Waals surface area (Å²) in [5.74, 6) is 0.133. The Labute approximate surface area is 101 Å². The summed E-state index contributed by atoms with van der Waals surface area (Å²) in [6.07, 6.45) is 1.65. The topological polar surface area (TPSA) is 116 Å². The molecule has 0 aromatic carbocycles. The van der Waals surface area contributed by atoms with Crippen LogP contribution >= 0.6 is 0 Å². The predicted octanol–water partition coefficient (Wildman–Crippen LogP) is -0.743. The number of carbonyl (C=O) groups excluding carboxylic acids is 1. The molecular formula is C10H11N5O3. The molecule has 0 spiro atoms. The molecule has 2 aromatic rings. The molecule has 3 heterocycles. The minimum Gasteiger partial charge on any atom is -0.394 e. The van der Waals surface area contributed by atoms with Crippen LogP contribution in [0.25, 0.3) is 11.2 Å². The maximum Gasteiger partial charge on any atom is 0.196 e. The van der Waals surface area contributed by atoms with E-state index in [1.807, 2.05) is 0 Å². The number of fused-ring (bicyclic) bond motifs is 1. The van der Waals surface area contributed by atoms with E-state index in [-0.39, 0.29) is 24.6 Å². The van der Waals surface area contributed by atoms with Crippen LogP contribution in [0.3, 0.4) is 0 Å². The van der Waals surface area contributed by atoms with Gasteiger partial charge in [-0.1, -0.05) is 0 Å². The highest BCUT2D eigenvalue weighted by atomic mass is 16.5. The quantitative estimate of drug-likeness (QED) is 0.719. The van der Waals surface area contributed by atoms with Crippen molar-refractivity contribution in [1.82, 2.24) is 19.5 Å². The van der Waals surface area contributed by atoms with Crippen molar-refractivity contribution in [3.05, 3.63) is 12.7 Å². The highest BCUT2D eigenvalue weighted by Gasteiger charge is 2.35. The number of hydrogen-bond donors (Lipinski definition) is 2. The van der Waals surface area contributed by atoms with E-state index in [1.165, 1.54) is 17.2 Å². The molecule has 2 aromatic heterocycles. The van der Waals surface area contributed by atoms with E-state index < -0.39 is 12.3 Å². The van der Waals surface area contributed by atoms with Crippen molar-refractivity contribution < 1.29 is 14.6 Å². The average Bonchev–Trinajstić information content (AvgIpc) is 2.93. The molecule has 3 N–H and O–H groups in total. The Kier molecular flexibility index (Phi) is 2.46. The van der Waals surface area contributed by atoms with Crippen LogP contribution < -0.4 is 5.73 Å². The normalized spacial score (nSPS) is 23.9. The molecular weight excluding hydrogens is 238 g/mol. The Hall–Kier alpha value is -2.06. The Bertz CT molecular complexity index is 611. The Morgan fingerprint density at radius 2 is 2.33 bits per heavy atom. The fourth-order valence-electron chi connectivity index (χ4n) is 2.00. The highest BCUT2D eigenvalue weighted by molar-refractivity contribution is 5.87. The van der Waals surface area contributed by atoms with E-state index in [4.69, 9.17) is 15.6 Å². The number of aliphatic hydroxyl groups excluding tert-OH is 1. The maximum atomic E-state index is 11.8. The third-order valence-corrected chi connectivity index (χ3v) is 2.87. The van der Waals surface area contributed by atoms with Gasteiger partial charge in [-0.15, -0.1) is 0 Å². The lowest BCUT2D eigenvalue weighted by atomic mass is 10.2. The van der Waals surface area contributed by atoms with Gasteiger partial charge in [-0.25, -0.2) is 15.0 Å². The third kappa shape index (κ3) is 1.54. The van der Waals surface area contributed by atoms with Crippen LogP contribution in [0.15, 0.2) is 12.7 Å². The molecule has 8 heteroatoms. The summed E-state index contributed by atoms with van der Waals surface area (Å²) in [5, 5.41) is 9.01. The van der Waals surface area contributed by atoms with Gasteiger partial charge in [0.15, 0.2) is 23.5 Å². The fraction of sp³-hybridized carbons (Fsp3) is 0.400. The molecule has 0 amide bonds. The molecule has 0 bridgehead atoms. The van der Waals surface area contributed by atoms with E-state index in [9.17, 15) is 4.79 Å². The van der Waals surface area contributed by atoms with Crippen molar-refractivity contribution in [2.45, 2.75) is 18.8 Å². The van der Waals surface area contributed by atoms with Gasteiger partial charge in [0.2, 0.25) is 0 Å². The van der Waals surface area contributed by atoms with Crippen LogP contribution in [0.4, 0.5) is 5.82 Å². The number of aromatic nitrogens is 4. The second kappa shape index (κ2) is 4.00. The second-order valence-corrected chi connectivity index (χ2v) is 4.05. The number of ketones is 1. The van der Waals surface area contributed by atoms with Crippen molar-refractivity contribution in [3.8, 4) is 0 Å². The van der Waals surface area contributed by atoms with E-state index >= 15 is 0 Å². The molecule has 0 aliphatic carbocycles. The van der Waals surface area contributed by atoms with E-state index in [0.29, 0.717) is 11.2 Å². The molecule has 0 unspecified atom stereocenters. The van der Waals surface area contributed by atoms with E-state index in [1.54, 1.807) is 0 Å². The minimum atomic E-state index is -0.804. The highest BCUT2D eigenvalue weighted by Crippen LogP contribution is 2.27. The number of rotatable bonds is 2. The number of anilines is 1. The monoisotopic (exact) mass is 249 g/mol. The van der Waals surface area contributed by atoms with Crippen LogP contribution in [0, 0.1) is 0 Å². The maximum absolute atomic E-state index is 11.8. The van der Waals surface area contributed by atoms with Crippen LogP contribution in [0.5, 0.6) is 0 Å². The molecule has 1 aliphatic heterocycles. The van der Waals surface area contributed by atoms with Gasteiger partial charge in [0, 0.05) is 6.42 Å². The molecule has 1 fully saturated rings. The molecule has 3 rings (SSSR count). The van der Waals surface area contributed by atoms with Gasteiger partial charge in [0.25, 0.3) is 0 Å².